The van der Waals surface area contributed by atoms with Crippen LogP contribution in [0.15, 0.2) is 12.1 Å². The summed E-state index contributed by atoms with van der Waals surface area (Å²) in [5.74, 6) is 0. The standard InChI is InChI=1S/C17H20N2/c18-12-17(6-3-7-17)15-10-13-4-1-8-19-9-2-5-14(11-15)16(13)19/h10-11H,1-9H2. The SMILES string of the molecule is N#CC1(c2cc3c4c(c2)CCCN4CCC3)CCC1. The van der Waals surface area contributed by atoms with Crippen molar-refractivity contribution in [1.82, 2.24) is 0 Å². The molecule has 1 aromatic rings. The van der Waals surface area contributed by atoms with Gasteiger partial charge in [-0.1, -0.05) is 12.1 Å². The molecule has 2 heteroatoms. The summed E-state index contributed by atoms with van der Waals surface area (Å²) < 4.78 is 0. The van der Waals surface area contributed by atoms with Gasteiger partial charge in [0, 0.05) is 18.8 Å². The Morgan fingerprint density at radius 1 is 1.00 bits per heavy atom. The number of nitrogens with zero attached hydrogens (tertiary/aromatic N) is 2. The van der Waals surface area contributed by atoms with E-state index >= 15 is 0 Å². The van der Waals surface area contributed by atoms with Crippen molar-refractivity contribution in [3.05, 3.63) is 28.8 Å². The van der Waals surface area contributed by atoms with Gasteiger partial charge in [0.25, 0.3) is 0 Å². The van der Waals surface area contributed by atoms with Crippen LogP contribution in [0.25, 0.3) is 0 Å². The summed E-state index contributed by atoms with van der Waals surface area (Å²) >= 11 is 0. The van der Waals surface area contributed by atoms with Crippen LogP contribution in [-0.4, -0.2) is 13.1 Å². The minimum atomic E-state index is -0.148. The number of nitriles is 1. The average Bonchev–Trinajstić information content (AvgIpc) is 2.39. The van der Waals surface area contributed by atoms with Crippen molar-refractivity contribution in [3.8, 4) is 6.07 Å². The molecule has 1 fully saturated rings. The number of anilines is 1. The summed E-state index contributed by atoms with van der Waals surface area (Å²) in [6, 6.07) is 7.32. The van der Waals surface area contributed by atoms with Gasteiger partial charge in [0.15, 0.2) is 0 Å². The highest BCUT2D eigenvalue weighted by Gasteiger charge is 2.40. The third kappa shape index (κ3) is 1.54. The lowest BCUT2D eigenvalue weighted by atomic mass is 9.64. The van der Waals surface area contributed by atoms with Crippen molar-refractivity contribution in [2.24, 2.45) is 0 Å². The van der Waals surface area contributed by atoms with Gasteiger partial charge in [0.1, 0.15) is 0 Å². The molecule has 2 aliphatic heterocycles. The van der Waals surface area contributed by atoms with Gasteiger partial charge in [-0.15, -0.1) is 0 Å². The lowest BCUT2D eigenvalue weighted by molar-refractivity contribution is 0.323. The van der Waals surface area contributed by atoms with E-state index in [0.29, 0.717) is 0 Å². The molecule has 0 unspecified atom stereocenters. The Morgan fingerprint density at radius 2 is 1.63 bits per heavy atom. The fourth-order valence-electron chi connectivity index (χ4n) is 4.08. The first-order valence-corrected chi connectivity index (χ1v) is 7.65. The highest BCUT2D eigenvalue weighted by Crippen LogP contribution is 2.46. The number of benzene rings is 1. The van der Waals surface area contributed by atoms with Crippen molar-refractivity contribution in [1.29, 1.82) is 5.26 Å². The monoisotopic (exact) mass is 252 g/mol. The second-order valence-electron chi connectivity index (χ2n) is 6.38. The number of hydrogen-bond donors (Lipinski definition) is 0. The summed E-state index contributed by atoms with van der Waals surface area (Å²) in [7, 11) is 0. The summed E-state index contributed by atoms with van der Waals surface area (Å²) in [4.78, 5) is 2.57. The maximum Gasteiger partial charge on any atom is 0.0822 e. The maximum absolute atomic E-state index is 9.56. The predicted molar refractivity (Wildman–Crippen MR) is 76.4 cm³/mol. The topological polar surface area (TPSA) is 27.0 Å². The molecular weight excluding hydrogens is 232 g/mol. The second-order valence-corrected chi connectivity index (χ2v) is 6.38. The normalized spacial score (nSPS) is 23.2. The summed E-state index contributed by atoms with van der Waals surface area (Å²) in [6.45, 7) is 2.45. The van der Waals surface area contributed by atoms with Crippen LogP contribution in [0.4, 0.5) is 5.69 Å². The first kappa shape index (κ1) is 11.3. The zero-order valence-electron chi connectivity index (χ0n) is 11.4. The first-order valence-electron chi connectivity index (χ1n) is 7.65. The molecule has 0 N–H and O–H groups in total. The van der Waals surface area contributed by atoms with Gasteiger partial charge in [0.05, 0.1) is 11.5 Å². The van der Waals surface area contributed by atoms with Crippen LogP contribution in [0.5, 0.6) is 0 Å². The predicted octanol–water partition coefficient (Wildman–Crippen LogP) is 3.33. The van der Waals surface area contributed by atoms with Crippen LogP contribution in [-0.2, 0) is 18.3 Å². The maximum atomic E-state index is 9.56. The van der Waals surface area contributed by atoms with Crippen LogP contribution in [0.3, 0.4) is 0 Å². The summed E-state index contributed by atoms with van der Waals surface area (Å²) in [6.07, 6.45) is 8.29. The van der Waals surface area contributed by atoms with Crippen molar-refractivity contribution in [3.63, 3.8) is 0 Å². The van der Waals surface area contributed by atoms with Crippen molar-refractivity contribution >= 4 is 5.69 Å². The molecule has 0 aromatic heterocycles. The molecule has 0 amide bonds. The van der Waals surface area contributed by atoms with Crippen molar-refractivity contribution < 1.29 is 0 Å². The van der Waals surface area contributed by atoms with Crippen LogP contribution in [0.1, 0.15) is 48.8 Å². The van der Waals surface area contributed by atoms with Gasteiger partial charge >= 0.3 is 0 Å². The molecular formula is C17H20N2. The Morgan fingerprint density at radius 3 is 2.11 bits per heavy atom. The zero-order chi connectivity index (χ0) is 12.9. The number of hydrogen-bond acceptors (Lipinski definition) is 2. The molecule has 98 valence electrons. The van der Waals surface area contributed by atoms with E-state index in [1.807, 2.05) is 0 Å². The smallest absolute Gasteiger partial charge is 0.0822 e. The highest BCUT2D eigenvalue weighted by molar-refractivity contribution is 5.65. The Bertz CT molecular complexity index is 532. The molecule has 2 nitrogen and oxygen atoms in total. The minimum Gasteiger partial charge on any atom is -0.371 e. The molecule has 2 heterocycles. The minimum absolute atomic E-state index is 0.148. The molecule has 0 spiro atoms. The molecule has 3 aliphatic rings. The van der Waals surface area contributed by atoms with Gasteiger partial charge in [-0.25, -0.2) is 0 Å². The van der Waals surface area contributed by atoms with Gasteiger partial charge in [-0.2, -0.15) is 5.26 Å². The molecule has 19 heavy (non-hydrogen) atoms. The number of aryl methyl sites for hydroxylation is 2. The van der Waals surface area contributed by atoms with Crippen molar-refractivity contribution in [2.75, 3.05) is 18.0 Å². The second kappa shape index (κ2) is 4.00. The Labute approximate surface area is 115 Å². The number of rotatable bonds is 1. The van der Waals surface area contributed by atoms with Gasteiger partial charge < -0.3 is 4.90 Å². The molecule has 4 rings (SSSR count). The Hall–Kier alpha value is -1.49. The molecule has 0 atom stereocenters. The van der Waals surface area contributed by atoms with E-state index in [9.17, 15) is 5.26 Å². The van der Waals surface area contributed by atoms with E-state index < -0.39 is 0 Å². The van der Waals surface area contributed by atoms with E-state index in [1.54, 1.807) is 0 Å². The van der Waals surface area contributed by atoms with E-state index in [4.69, 9.17) is 0 Å². The fourth-order valence-corrected chi connectivity index (χ4v) is 4.08. The molecule has 1 aromatic carbocycles. The van der Waals surface area contributed by atoms with Gasteiger partial charge in [-0.05, 0) is 61.6 Å². The fraction of sp³-hybridized carbons (Fsp3) is 0.588. The molecule has 0 radical (unpaired) electrons. The summed E-state index contributed by atoms with van der Waals surface area (Å²) in [5.41, 5.74) is 5.72. The van der Waals surface area contributed by atoms with Crippen LogP contribution in [0, 0.1) is 11.3 Å². The lowest BCUT2D eigenvalue weighted by Gasteiger charge is -2.40. The van der Waals surface area contributed by atoms with Crippen molar-refractivity contribution in [2.45, 2.75) is 50.4 Å². The van der Waals surface area contributed by atoms with E-state index in [1.165, 1.54) is 67.6 Å². The Balaban J connectivity index is 1.86. The lowest BCUT2D eigenvalue weighted by Crippen LogP contribution is -2.36. The molecule has 1 aliphatic carbocycles. The van der Waals surface area contributed by atoms with Crippen LogP contribution in [0.2, 0.25) is 0 Å². The van der Waals surface area contributed by atoms with Crippen LogP contribution < -0.4 is 4.90 Å². The van der Waals surface area contributed by atoms with Crippen LogP contribution >= 0.6 is 0 Å². The third-order valence-electron chi connectivity index (χ3n) is 5.31. The largest absolute Gasteiger partial charge is 0.371 e. The highest BCUT2D eigenvalue weighted by atomic mass is 15.1. The third-order valence-corrected chi connectivity index (χ3v) is 5.31. The van der Waals surface area contributed by atoms with E-state index in [-0.39, 0.29) is 5.41 Å². The average molecular weight is 252 g/mol. The molecule has 0 bridgehead atoms. The molecule has 0 saturated heterocycles. The first-order chi connectivity index (χ1) is 9.32. The molecule has 1 saturated carbocycles. The van der Waals surface area contributed by atoms with Gasteiger partial charge in [0.2, 0.25) is 0 Å². The van der Waals surface area contributed by atoms with E-state index in [2.05, 4.69) is 23.1 Å². The quantitative estimate of drug-likeness (QED) is 0.766. The van der Waals surface area contributed by atoms with E-state index in [0.717, 1.165) is 12.8 Å². The summed E-state index contributed by atoms with van der Waals surface area (Å²) in [5, 5.41) is 9.56. The zero-order valence-corrected chi connectivity index (χ0v) is 11.4. The Kier molecular flexibility index (Phi) is 2.39. The van der Waals surface area contributed by atoms with Gasteiger partial charge in [-0.3, -0.25) is 0 Å².